The highest BCUT2D eigenvalue weighted by molar-refractivity contribution is 7.09. The van der Waals surface area contributed by atoms with Gasteiger partial charge < -0.3 is 9.84 Å². The van der Waals surface area contributed by atoms with Gasteiger partial charge in [-0.05, 0) is 19.1 Å². The molecule has 0 aliphatic heterocycles. The van der Waals surface area contributed by atoms with Gasteiger partial charge in [0.25, 0.3) is 0 Å². The summed E-state index contributed by atoms with van der Waals surface area (Å²) in [5, 5.41) is 13.5. The van der Waals surface area contributed by atoms with Crippen LogP contribution in [-0.4, -0.2) is 17.2 Å². The second-order valence-electron chi connectivity index (χ2n) is 5.98. The highest BCUT2D eigenvalue weighted by Gasteiger charge is 2.23. The molecule has 1 aromatic heterocycles. The van der Waals surface area contributed by atoms with Gasteiger partial charge in [-0.15, -0.1) is 11.3 Å². The number of aliphatic hydroxyl groups excluding tert-OH is 1. The predicted octanol–water partition coefficient (Wildman–Crippen LogP) is 3.84. The molecule has 1 N–H and O–H groups in total. The average Bonchev–Trinajstić information content (AvgIpc) is 2.87. The fourth-order valence-electron chi connectivity index (χ4n) is 1.98. The maximum atomic E-state index is 10.6. The first-order valence-electron chi connectivity index (χ1n) is 6.61. The summed E-state index contributed by atoms with van der Waals surface area (Å²) >= 11 is 1.59. The Morgan fingerprint density at radius 3 is 2.55 bits per heavy atom. The SMILES string of the molecule is COc1ccc(C)cc1C(O)c1csc(C(C)(C)C)n1. The second-order valence-corrected chi connectivity index (χ2v) is 6.83. The van der Waals surface area contributed by atoms with E-state index in [0.29, 0.717) is 11.4 Å². The molecule has 1 unspecified atom stereocenters. The van der Waals surface area contributed by atoms with E-state index in [2.05, 4.69) is 25.8 Å². The molecular weight excluding hydrogens is 270 g/mol. The van der Waals surface area contributed by atoms with E-state index in [0.717, 1.165) is 16.1 Å². The molecule has 108 valence electrons. The van der Waals surface area contributed by atoms with Crippen LogP contribution in [0, 0.1) is 6.92 Å². The molecule has 2 aromatic rings. The largest absolute Gasteiger partial charge is 0.496 e. The van der Waals surface area contributed by atoms with Gasteiger partial charge in [-0.3, -0.25) is 0 Å². The number of methoxy groups -OCH3 is 1. The smallest absolute Gasteiger partial charge is 0.125 e. The number of hydrogen-bond donors (Lipinski definition) is 1. The zero-order valence-corrected chi connectivity index (χ0v) is 13.4. The minimum Gasteiger partial charge on any atom is -0.496 e. The zero-order valence-electron chi connectivity index (χ0n) is 12.6. The summed E-state index contributed by atoms with van der Waals surface area (Å²) in [4.78, 5) is 4.58. The van der Waals surface area contributed by atoms with Gasteiger partial charge in [-0.2, -0.15) is 0 Å². The Balaban J connectivity index is 2.38. The van der Waals surface area contributed by atoms with Crippen molar-refractivity contribution in [3.8, 4) is 5.75 Å². The minimum atomic E-state index is -0.753. The lowest BCUT2D eigenvalue weighted by Crippen LogP contribution is -2.11. The Bertz CT molecular complexity index is 599. The summed E-state index contributed by atoms with van der Waals surface area (Å²) in [6.45, 7) is 8.36. The number of thiazole rings is 1. The molecule has 1 aromatic carbocycles. The predicted molar refractivity (Wildman–Crippen MR) is 82.6 cm³/mol. The Labute approximate surface area is 124 Å². The molecule has 0 bridgehead atoms. The third-order valence-electron chi connectivity index (χ3n) is 3.12. The lowest BCUT2D eigenvalue weighted by Gasteiger charge is -2.15. The Morgan fingerprint density at radius 2 is 2.00 bits per heavy atom. The summed E-state index contributed by atoms with van der Waals surface area (Å²) in [5.41, 5.74) is 2.53. The van der Waals surface area contributed by atoms with Crippen LogP contribution in [0.1, 0.15) is 48.7 Å². The Hall–Kier alpha value is -1.39. The second kappa shape index (κ2) is 5.54. The van der Waals surface area contributed by atoms with Crippen molar-refractivity contribution in [3.05, 3.63) is 45.4 Å². The zero-order chi connectivity index (χ0) is 14.9. The van der Waals surface area contributed by atoms with E-state index in [9.17, 15) is 5.11 Å². The molecule has 20 heavy (non-hydrogen) atoms. The fourth-order valence-corrected chi connectivity index (χ4v) is 2.91. The van der Waals surface area contributed by atoms with Crippen LogP contribution in [0.5, 0.6) is 5.75 Å². The maximum absolute atomic E-state index is 10.6. The number of aryl methyl sites for hydroxylation is 1. The molecule has 0 radical (unpaired) electrons. The van der Waals surface area contributed by atoms with Crippen LogP contribution in [0.2, 0.25) is 0 Å². The quantitative estimate of drug-likeness (QED) is 0.934. The molecule has 0 saturated carbocycles. The molecule has 4 heteroatoms. The molecule has 2 rings (SSSR count). The van der Waals surface area contributed by atoms with Crippen molar-refractivity contribution in [1.82, 2.24) is 4.98 Å². The van der Waals surface area contributed by atoms with Gasteiger partial charge in [0.15, 0.2) is 0 Å². The van der Waals surface area contributed by atoms with Gasteiger partial charge in [0.2, 0.25) is 0 Å². The number of nitrogens with zero attached hydrogens (tertiary/aromatic N) is 1. The van der Waals surface area contributed by atoms with Crippen molar-refractivity contribution in [2.75, 3.05) is 7.11 Å². The summed E-state index contributed by atoms with van der Waals surface area (Å²) in [7, 11) is 1.61. The highest BCUT2D eigenvalue weighted by atomic mass is 32.1. The van der Waals surface area contributed by atoms with E-state index in [1.807, 2.05) is 30.5 Å². The van der Waals surface area contributed by atoms with Crippen LogP contribution in [0.3, 0.4) is 0 Å². The van der Waals surface area contributed by atoms with Crippen molar-refractivity contribution in [2.24, 2.45) is 0 Å². The normalized spacial score (nSPS) is 13.3. The molecule has 0 aliphatic carbocycles. The van der Waals surface area contributed by atoms with E-state index in [-0.39, 0.29) is 5.41 Å². The molecule has 0 saturated heterocycles. The third-order valence-corrected chi connectivity index (χ3v) is 4.41. The van der Waals surface area contributed by atoms with Crippen molar-refractivity contribution in [3.63, 3.8) is 0 Å². The van der Waals surface area contributed by atoms with Crippen molar-refractivity contribution < 1.29 is 9.84 Å². The van der Waals surface area contributed by atoms with Crippen LogP contribution in [0.15, 0.2) is 23.6 Å². The number of benzene rings is 1. The average molecular weight is 291 g/mol. The van der Waals surface area contributed by atoms with Gasteiger partial charge in [0.1, 0.15) is 11.9 Å². The fraction of sp³-hybridized carbons (Fsp3) is 0.438. The van der Waals surface area contributed by atoms with E-state index in [1.165, 1.54) is 0 Å². The van der Waals surface area contributed by atoms with Gasteiger partial charge in [0, 0.05) is 16.4 Å². The first kappa shape index (κ1) is 15.0. The topological polar surface area (TPSA) is 42.4 Å². The monoisotopic (exact) mass is 291 g/mol. The lowest BCUT2D eigenvalue weighted by atomic mass is 9.98. The van der Waals surface area contributed by atoms with Crippen molar-refractivity contribution in [2.45, 2.75) is 39.2 Å². The molecule has 0 spiro atoms. The van der Waals surface area contributed by atoms with E-state index < -0.39 is 6.10 Å². The van der Waals surface area contributed by atoms with E-state index in [1.54, 1.807) is 18.4 Å². The van der Waals surface area contributed by atoms with Gasteiger partial charge in [-0.25, -0.2) is 4.98 Å². The summed E-state index contributed by atoms with van der Waals surface area (Å²) in [5.74, 6) is 0.688. The number of hydrogen-bond acceptors (Lipinski definition) is 4. The van der Waals surface area contributed by atoms with Crippen LogP contribution >= 0.6 is 11.3 Å². The summed E-state index contributed by atoms with van der Waals surface area (Å²) in [6, 6.07) is 5.79. The van der Waals surface area contributed by atoms with Crippen LogP contribution in [-0.2, 0) is 5.41 Å². The molecule has 1 atom stereocenters. The van der Waals surface area contributed by atoms with Crippen molar-refractivity contribution in [1.29, 1.82) is 0 Å². The maximum Gasteiger partial charge on any atom is 0.125 e. The van der Waals surface area contributed by atoms with Gasteiger partial charge >= 0.3 is 0 Å². The standard InChI is InChI=1S/C16H21NO2S/c1-10-6-7-13(19-5)11(8-10)14(18)12-9-20-15(17-12)16(2,3)4/h6-9,14,18H,1-5H3. The Kier molecular flexibility index (Phi) is 4.16. The molecule has 0 aliphatic rings. The lowest BCUT2D eigenvalue weighted by molar-refractivity contribution is 0.210. The van der Waals surface area contributed by atoms with Gasteiger partial charge in [-0.1, -0.05) is 32.4 Å². The number of ether oxygens (including phenoxy) is 1. The minimum absolute atomic E-state index is 0.000667. The summed E-state index contributed by atoms with van der Waals surface area (Å²) in [6.07, 6.45) is -0.753. The van der Waals surface area contributed by atoms with Crippen LogP contribution in [0.4, 0.5) is 0 Å². The van der Waals surface area contributed by atoms with Crippen molar-refractivity contribution >= 4 is 11.3 Å². The highest BCUT2D eigenvalue weighted by Crippen LogP contribution is 2.33. The first-order chi connectivity index (χ1) is 9.32. The first-order valence-corrected chi connectivity index (χ1v) is 7.49. The third kappa shape index (κ3) is 3.02. The molecule has 0 fully saturated rings. The van der Waals surface area contributed by atoms with Crippen LogP contribution < -0.4 is 4.74 Å². The number of aliphatic hydroxyl groups is 1. The molecule has 3 nitrogen and oxygen atoms in total. The molecule has 0 amide bonds. The van der Waals surface area contributed by atoms with E-state index >= 15 is 0 Å². The number of aromatic nitrogens is 1. The number of rotatable bonds is 3. The van der Waals surface area contributed by atoms with Gasteiger partial charge in [0.05, 0.1) is 17.8 Å². The molecule has 1 heterocycles. The van der Waals surface area contributed by atoms with Crippen LogP contribution in [0.25, 0.3) is 0 Å². The van der Waals surface area contributed by atoms with E-state index in [4.69, 9.17) is 4.74 Å². The Morgan fingerprint density at radius 1 is 1.30 bits per heavy atom. The molecular formula is C16H21NO2S. The summed E-state index contributed by atoms with van der Waals surface area (Å²) < 4.78 is 5.33.